The minimum atomic E-state index is -3.57. The van der Waals surface area contributed by atoms with Crippen LogP contribution in [0.4, 0.5) is 5.82 Å². The van der Waals surface area contributed by atoms with Crippen LogP contribution in [0.25, 0.3) is 0 Å². The Morgan fingerprint density at radius 2 is 1.96 bits per heavy atom. The van der Waals surface area contributed by atoms with Crippen LogP contribution in [0.15, 0.2) is 35.4 Å². The van der Waals surface area contributed by atoms with Gasteiger partial charge in [0.05, 0.1) is 6.20 Å². The van der Waals surface area contributed by atoms with Crippen molar-refractivity contribution in [3.05, 3.63) is 41.9 Å². The molecule has 1 aromatic carbocycles. The highest BCUT2D eigenvalue weighted by atomic mass is 32.2. The molecule has 8 nitrogen and oxygen atoms in total. The molecule has 1 amide bonds. The Bertz CT molecular complexity index is 850. The van der Waals surface area contributed by atoms with Crippen molar-refractivity contribution < 1.29 is 18.3 Å². The summed E-state index contributed by atoms with van der Waals surface area (Å²) in [7, 11) is -3.57. The molecular formula is C15H18N4O4S. The van der Waals surface area contributed by atoms with E-state index in [-0.39, 0.29) is 22.9 Å². The number of aromatic nitrogens is 2. The quantitative estimate of drug-likeness (QED) is 0.686. The molecule has 1 atom stereocenters. The maximum Gasteiger partial charge on any atom is 0.240 e. The molecule has 24 heavy (non-hydrogen) atoms. The average molecular weight is 350 g/mol. The molecule has 0 saturated heterocycles. The maximum absolute atomic E-state index is 11.8. The van der Waals surface area contributed by atoms with Gasteiger partial charge in [0.1, 0.15) is 28.3 Å². The summed E-state index contributed by atoms with van der Waals surface area (Å²) < 4.78 is 23.7. The number of hydrogen-bond acceptors (Lipinski definition) is 7. The van der Waals surface area contributed by atoms with Gasteiger partial charge in [-0.1, -0.05) is 12.1 Å². The van der Waals surface area contributed by atoms with Gasteiger partial charge >= 0.3 is 0 Å². The van der Waals surface area contributed by atoms with E-state index in [0.717, 1.165) is 11.8 Å². The summed E-state index contributed by atoms with van der Waals surface area (Å²) >= 11 is 0. The number of amides is 1. The van der Waals surface area contributed by atoms with Crippen LogP contribution in [-0.2, 0) is 21.1 Å². The zero-order valence-corrected chi connectivity index (χ0v) is 14.0. The Morgan fingerprint density at radius 1 is 1.33 bits per heavy atom. The summed E-state index contributed by atoms with van der Waals surface area (Å²) in [6.45, 7) is 1.61. The van der Waals surface area contributed by atoms with Gasteiger partial charge in [0, 0.05) is 12.7 Å². The van der Waals surface area contributed by atoms with E-state index in [0.29, 0.717) is 5.82 Å². The highest BCUT2D eigenvalue weighted by Gasteiger charge is 2.22. The van der Waals surface area contributed by atoms with Crippen LogP contribution in [0.3, 0.4) is 0 Å². The van der Waals surface area contributed by atoms with Crippen LogP contribution in [0.1, 0.15) is 11.4 Å². The molecule has 0 spiro atoms. The molecule has 4 N–H and O–H groups in total. The molecule has 0 aliphatic heterocycles. The molecule has 0 aliphatic rings. The van der Waals surface area contributed by atoms with Crippen molar-refractivity contribution >= 4 is 21.6 Å². The van der Waals surface area contributed by atoms with Gasteiger partial charge in [-0.25, -0.2) is 18.4 Å². The van der Waals surface area contributed by atoms with Crippen molar-refractivity contribution in [2.45, 2.75) is 24.3 Å². The topological polar surface area (TPSA) is 135 Å². The minimum Gasteiger partial charge on any atom is -0.508 e. The highest BCUT2D eigenvalue weighted by molar-refractivity contribution is 7.90. The number of nitrogens with two attached hydrogens (primary N) is 1. The van der Waals surface area contributed by atoms with Crippen molar-refractivity contribution in [1.29, 1.82) is 0 Å². The fraction of sp³-hybridized carbons (Fsp3) is 0.267. The number of sulfone groups is 1. The Hall–Kier alpha value is -2.68. The molecule has 0 radical (unpaired) electrons. The second kappa shape index (κ2) is 6.83. The predicted molar refractivity (Wildman–Crippen MR) is 88.3 cm³/mol. The van der Waals surface area contributed by atoms with Crippen molar-refractivity contribution in [2.75, 3.05) is 11.6 Å². The van der Waals surface area contributed by atoms with E-state index in [1.807, 2.05) is 0 Å². The largest absolute Gasteiger partial charge is 0.508 e. The number of carbonyl (C=O) groups excluding carboxylic acids is 1. The molecule has 0 fully saturated rings. The second-order valence-electron chi connectivity index (χ2n) is 5.37. The lowest BCUT2D eigenvalue weighted by atomic mass is 10.1. The normalized spacial score (nSPS) is 12.6. The van der Waals surface area contributed by atoms with E-state index in [1.165, 1.54) is 18.3 Å². The van der Waals surface area contributed by atoms with Crippen LogP contribution in [0.2, 0.25) is 0 Å². The number of carbonyl (C=O) groups is 1. The summed E-state index contributed by atoms with van der Waals surface area (Å²) in [5.41, 5.74) is 6.16. The number of aryl methyl sites for hydroxylation is 1. The van der Waals surface area contributed by atoms with Crippen molar-refractivity contribution in [1.82, 2.24) is 9.97 Å². The minimum absolute atomic E-state index is 0.0348. The number of rotatable bonds is 6. The second-order valence-corrected chi connectivity index (χ2v) is 7.36. The van der Waals surface area contributed by atoms with Gasteiger partial charge < -0.3 is 16.2 Å². The lowest BCUT2D eigenvalue weighted by Gasteiger charge is -2.18. The summed E-state index contributed by atoms with van der Waals surface area (Å²) in [6.07, 6.45) is 2.44. The number of primary amides is 1. The number of nitrogens with one attached hydrogen (secondary N) is 1. The fourth-order valence-corrected chi connectivity index (χ4v) is 2.79. The Kier molecular flexibility index (Phi) is 5.03. The van der Waals surface area contributed by atoms with Gasteiger partial charge in [0.15, 0.2) is 9.84 Å². The number of phenols is 1. The Morgan fingerprint density at radius 3 is 2.50 bits per heavy atom. The average Bonchev–Trinajstić information content (AvgIpc) is 2.47. The lowest BCUT2D eigenvalue weighted by Crippen LogP contribution is -2.38. The highest BCUT2D eigenvalue weighted by Crippen LogP contribution is 2.20. The van der Waals surface area contributed by atoms with Gasteiger partial charge in [-0.05, 0) is 24.6 Å². The van der Waals surface area contributed by atoms with E-state index in [2.05, 4.69) is 15.3 Å². The predicted octanol–water partition coefficient (Wildman–Crippen LogP) is 0.403. The van der Waals surface area contributed by atoms with E-state index < -0.39 is 21.8 Å². The fourth-order valence-electron chi connectivity index (χ4n) is 2.09. The zero-order chi connectivity index (χ0) is 17.9. The van der Waals surface area contributed by atoms with E-state index in [9.17, 15) is 18.3 Å². The van der Waals surface area contributed by atoms with E-state index >= 15 is 0 Å². The third-order valence-corrected chi connectivity index (χ3v) is 4.40. The monoisotopic (exact) mass is 350 g/mol. The molecular weight excluding hydrogens is 332 g/mol. The van der Waals surface area contributed by atoms with Crippen LogP contribution in [0.5, 0.6) is 5.75 Å². The molecule has 0 saturated carbocycles. The number of nitrogens with zero attached hydrogens (tertiary/aromatic N) is 2. The molecule has 2 rings (SSSR count). The van der Waals surface area contributed by atoms with Gasteiger partial charge in [0.25, 0.3) is 0 Å². The molecule has 128 valence electrons. The number of anilines is 1. The van der Waals surface area contributed by atoms with Gasteiger partial charge in [-0.2, -0.15) is 0 Å². The van der Waals surface area contributed by atoms with Crippen LogP contribution < -0.4 is 11.1 Å². The van der Waals surface area contributed by atoms with E-state index in [4.69, 9.17) is 5.73 Å². The summed E-state index contributed by atoms with van der Waals surface area (Å²) in [5, 5.41) is 12.1. The Labute approximate surface area is 139 Å². The molecule has 9 heteroatoms. The first-order valence-corrected chi connectivity index (χ1v) is 8.93. The first-order valence-electron chi connectivity index (χ1n) is 7.04. The summed E-state index contributed by atoms with van der Waals surface area (Å²) in [6, 6.07) is 5.41. The zero-order valence-electron chi connectivity index (χ0n) is 13.2. The molecule has 1 aromatic heterocycles. The first-order chi connectivity index (χ1) is 11.2. The standard InChI is InChI=1S/C15H18N4O4S/c1-9-17-8-13(24(2,22)23)15(18-9)19-12(14(16)21)7-10-3-5-11(20)6-4-10/h3-6,8,12,20H,7H2,1-2H3,(H2,16,21)(H,17,18,19)/t12-/m0/s1. The molecule has 2 aromatic rings. The van der Waals surface area contributed by atoms with Crippen molar-refractivity contribution in [3.63, 3.8) is 0 Å². The van der Waals surface area contributed by atoms with Crippen molar-refractivity contribution in [2.24, 2.45) is 5.73 Å². The molecule has 1 heterocycles. The number of aromatic hydroxyl groups is 1. The van der Waals surface area contributed by atoms with Crippen LogP contribution in [-0.4, -0.2) is 41.7 Å². The lowest BCUT2D eigenvalue weighted by molar-refractivity contribution is -0.118. The number of hydrogen-bond donors (Lipinski definition) is 3. The summed E-state index contributed by atoms with van der Waals surface area (Å²) in [4.78, 5) is 19.6. The van der Waals surface area contributed by atoms with Gasteiger partial charge in [0.2, 0.25) is 5.91 Å². The maximum atomic E-state index is 11.8. The SMILES string of the molecule is Cc1ncc(S(C)(=O)=O)c(N[C@@H](Cc2ccc(O)cc2)C(N)=O)n1. The van der Waals surface area contributed by atoms with Crippen molar-refractivity contribution in [3.8, 4) is 5.75 Å². The third-order valence-electron chi connectivity index (χ3n) is 3.31. The molecule has 0 unspecified atom stereocenters. The number of benzene rings is 1. The smallest absolute Gasteiger partial charge is 0.240 e. The Balaban J connectivity index is 2.33. The van der Waals surface area contributed by atoms with E-state index in [1.54, 1.807) is 19.1 Å². The molecule has 0 bridgehead atoms. The summed E-state index contributed by atoms with van der Waals surface area (Å²) in [5.74, 6) is -0.155. The van der Waals surface area contributed by atoms with Crippen LogP contribution in [0, 0.1) is 6.92 Å². The van der Waals surface area contributed by atoms with Crippen LogP contribution >= 0.6 is 0 Å². The van der Waals surface area contributed by atoms with Gasteiger partial charge in [-0.3, -0.25) is 4.79 Å². The number of phenolic OH excluding ortho intramolecular Hbond substituents is 1. The van der Waals surface area contributed by atoms with Gasteiger partial charge in [-0.15, -0.1) is 0 Å². The molecule has 0 aliphatic carbocycles. The third kappa shape index (κ3) is 4.42. The first kappa shape index (κ1) is 17.7.